The SMILES string of the molecule is C=C(C)N=Cc1ccc(C=O)cc1C.C=CCCCCC.CC1CCC1. The minimum atomic E-state index is 0.690. The molecule has 0 saturated heterocycles. The van der Waals surface area contributed by atoms with Gasteiger partial charge in [0.1, 0.15) is 6.29 Å². The molecule has 1 aliphatic carbocycles. The number of carbonyl (C=O) groups is 1. The molecule has 0 N–H and O–H groups in total. The quantitative estimate of drug-likeness (QED) is 0.218. The Kier molecular flexibility index (Phi) is 14.2. The van der Waals surface area contributed by atoms with E-state index in [1.807, 2.05) is 32.1 Å². The molecule has 0 atom stereocenters. The summed E-state index contributed by atoms with van der Waals surface area (Å²) in [5, 5.41) is 0. The zero-order valence-corrected chi connectivity index (χ0v) is 17.3. The van der Waals surface area contributed by atoms with Crippen molar-refractivity contribution in [2.45, 2.75) is 72.6 Å². The molecule has 1 aliphatic rings. The standard InChI is InChI=1S/C12H13NO.C7H14.C5H10/c1-9(2)13-7-12-5-4-11(8-14)6-10(12)3;1-3-5-7-6-4-2;1-5-3-2-4-5/h4-8H,1H2,2-3H3;3H,1,4-7H2,2H3;5H,2-4H2,1H3. The van der Waals surface area contributed by atoms with Crippen molar-refractivity contribution >= 4 is 12.5 Å². The third-order valence-corrected chi connectivity index (χ3v) is 4.26. The molecule has 2 heteroatoms. The van der Waals surface area contributed by atoms with Crippen LogP contribution in [0.25, 0.3) is 0 Å². The van der Waals surface area contributed by atoms with Crippen molar-refractivity contribution in [3.8, 4) is 0 Å². The van der Waals surface area contributed by atoms with Crippen LogP contribution in [0.1, 0.15) is 87.2 Å². The van der Waals surface area contributed by atoms with Crippen LogP contribution < -0.4 is 0 Å². The van der Waals surface area contributed by atoms with Crippen molar-refractivity contribution in [2.24, 2.45) is 10.9 Å². The molecule has 0 aromatic heterocycles. The Morgan fingerprint density at radius 1 is 1.31 bits per heavy atom. The molecule has 1 aromatic rings. The van der Waals surface area contributed by atoms with Crippen molar-refractivity contribution in [3.63, 3.8) is 0 Å². The predicted molar refractivity (Wildman–Crippen MR) is 116 cm³/mol. The molecule has 1 aromatic carbocycles. The Labute approximate surface area is 161 Å². The van der Waals surface area contributed by atoms with Gasteiger partial charge in [0.25, 0.3) is 0 Å². The van der Waals surface area contributed by atoms with Crippen LogP contribution >= 0.6 is 0 Å². The molecule has 0 amide bonds. The van der Waals surface area contributed by atoms with Gasteiger partial charge in [-0.05, 0) is 49.8 Å². The van der Waals surface area contributed by atoms with Gasteiger partial charge in [-0.3, -0.25) is 9.79 Å². The highest BCUT2D eigenvalue weighted by molar-refractivity contribution is 5.84. The molecule has 0 bridgehead atoms. The van der Waals surface area contributed by atoms with Crippen molar-refractivity contribution < 1.29 is 4.79 Å². The number of allylic oxidation sites excluding steroid dienone is 2. The molecular weight excluding hydrogens is 318 g/mol. The second kappa shape index (κ2) is 15.3. The Morgan fingerprint density at radius 2 is 1.96 bits per heavy atom. The Morgan fingerprint density at radius 3 is 2.35 bits per heavy atom. The van der Waals surface area contributed by atoms with E-state index in [-0.39, 0.29) is 0 Å². The topological polar surface area (TPSA) is 29.4 Å². The number of aldehydes is 1. The maximum Gasteiger partial charge on any atom is 0.150 e. The Balaban J connectivity index is 0.000000430. The first kappa shape index (κ1) is 24.0. The smallest absolute Gasteiger partial charge is 0.150 e. The number of rotatable bonds is 7. The highest BCUT2D eigenvalue weighted by Gasteiger charge is 2.09. The molecule has 0 aliphatic heterocycles. The number of hydrogen-bond donors (Lipinski definition) is 0. The Hall–Kier alpha value is -1.96. The Bertz CT molecular complexity index is 568. The fraction of sp³-hybridized carbons (Fsp3) is 0.500. The van der Waals surface area contributed by atoms with E-state index in [0.29, 0.717) is 5.56 Å². The first-order chi connectivity index (χ1) is 12.4. The van der Waals surface area contributed by atoms with Crippen molar-refractivity contribution in [3.05, 3.63) is 59.8 Å². The largest absolute Gasteiger partial charge is 0.298 e. The minimum absolute atomic E-state index is 0.690. The lowest BCUT2D eigenvalue weighted by Crippen LogP contribution is -2.04. The zero-order valence-electron chi connectivity index (χ0n) is 17.3. The van der Waals surface area contributed by atoms with Crippen LogP contribution in [0.5, 0.6) is 0 Å². The van der Waals surface area contributed by atoms with E-state index in [9.17, 15) is 4.79 Å². The number of carbonyl (C=O) groups excluding carboxylic acids is 1. The lowest BCUT2D eigenvalue weighted by Gasteiger charge is -2.18. The molecule has 2 nitrogen and oxygen atoms in total. The first-order valence-corrected chi connectivity index (χ1v) is 9.80. The van der Waals surface area contributed by atoms with Crippen LogP contribution in [0.15, 0.2) is 48.1 Å². The van der Waals surface area contributed by atoms with E-state index in [2.05, 4.69) is 32.0 Å². The summed E-state index contributed by atoms with van der Waals surface area (Å²) in [6.07, 6.45) is 14.2. The summed E-state index contributed by atoms with van der Waals surface area (Å²) in [7, 11) is 0. The van der Waals surface area contributed by atoms with Crippen molar-refractivity contribution in [1.29, 1.82) is 0 Å². The fourth-order valence-corrected chi connectivity index (χ4v) is 2.25. The number of nitrogens with zero attached hydrogens (tertiary/aromatic N) is 1. The highest BCUT2D eigenvalue weighted by Crippen LogP contribution is 2.24. The van der Waals surface area contributed by atoms with Gasteiger partial charge in [0.15, 0.2) is 0 Å². The number of aryl methyl sites for hydroxylation is 1. The molecule has 0 radical (unpaired) electrons. The normalized spacial score (nSPS) is 12.9. The average molecular weight is 356 g/mol. The van der Waals surface area contributed by atoms with Gasteiger partial charge in [-0.25, -0.2) is 0 Å². The van der Waals surface area contributed by atoms with Gasteiger partial charge in [0.2, 0.25) is 0 Å². The predicted octanol–water partition coefficient (Wildman–Crippen LogP) is 7.32. The summed E-state index contributed by atoms with van der Waals surface area (Å²) in [5.74, 6) is 1.06. The highest BCUT2D eigenvalue weighted by atomic mass is 16.1. The van der Waals surface area contributed by atoms with E-state index in [0.717, 1.165) is 29.0 Å². The lowest BCUT2D eigenvalue weighted by atomic mass is 9.88. The van der Waals surface area contributed by atoms with Gasteiger partial charge in [-0.1, -0.05) is 70.7 Å². The lowest BCUT2D eigenvalue weighted by molar-refractivity contribution is 0.112. The van der Waals surface area contributed by atoms with Gasteiger partial charge in [0.05, 0.1) is 0 Å². The van der Waals surface area contributed by atoms with E-state index in [1.54, 1.807) is 12.3 Å². The van der Waals surface area contributed by atoms with Gasteiger partial charge in [-0.2, -0.15) is 0 Å². The van der Waals surface area contributed by atoms with Crippen LogP contribution in [-0.2, 0) is 0 Å². The van der Waals surface area contributed by atoms with Crippen LogP contribution in [0.3, 0.4) is 0 Å². The molecule has 1 saturated carbocycles. The molecule has 2 rings (SSSR count). The molecule has 0 unspecified atom stereocenters. The second-order valence-electron chi connectivity index (χ2n) is 7.05. The molecular formula is C24H37NO. The van der Waals surface area contributed by atoms with Crippen LogP contribution in [-0.4, -0.2) is 12.5 Å². The van der Waals surface area contributed by atoms with Gasteiger partial charge >= 0.3 is 0 Å². The maximum atomic E-state index is 10.5. The van der Waals surface area contributed by atoms with Gasteiger partial charge in [0, 0.05) is 17.5 Å². The maximum absolute atomic E-state index is 10.5. The monoisotopic (exact) mass is 355 g/mol. The first-order valence-electron chi connectivity index (χ1n) is 9.80. The van der Waals surface area contributed by atoms with Crippen LogP contribution in [0.2, 0.25) is 0 Å². The minimum Gasteiger partial charge on any atom is -0.298 e. The zero-order chi connectivity index (χ0) is 19.8. The summed E-state index contributed by atoms with van der Waals surface area (Å²) >= 11 is 0. The number of hydrogen-bond acceptors (Lipinski definition) is 2. The number of benzene rings is 1. The summed E-state index contributed by atoms with van der Waals surface area (Å²) in [6.45, 7) is 15.6. The molecule has 0 heterocycles. The van der Waals surface area contributed by atoms with Crippen LogP contribution in [0.4, 0.5) is 0 Å². The third kappa shape index (κ3) is 12.4. The summed E-state index contributed by atoms with van der Waals surface area (Å²) in [5.41, 5.74) is 3.51. The average Bonchev–Trinajstić information content (AvgIpc) is 2.60. The molecule has 26 heavy (non-hydrogen) atoms. The van der Waals surface area contributed by atoms with E-state index in [4.69, 9.17) is 0 Å². The molecule has 1 fully saturated rings. The summed E-state index contributed by atoms with van der Waals surface area (Å²) < 4.78 is 0. The van der Waals surface area contributed by atoms with E-state index >= 15 is 0 Å². The van der Waals surface area contributed by atoms with Gasteiger partial charge in [-0.15, -0.1) is 6.58 Å². The molecule has 0 spiro atoms. The third-order valence-electron chi connectivity index (χ3n) is 4.26. The van der Waals surface area contributed by atoms with Crippen LogP contribution in [0, 0.1) is 12.8 Å². The van der Waals surface area contributed by atoms with Crippen molar-refractivity contribution in [2.75, 3.05) is 0 Å². The fourth-order valence-electron chi connectivity index (χ4n) is 2.25. The van der Waals surface area contributed by atoms with Crippen molar-refractivity contribution in [1.82, 2.24) is 0 Å². The second-order valence-corrected chi connectivity index (χ2v) is 7.05. The number of aliphatic imine (C=N–C) groups is 1. The van der Waals surface area contributed by atoms with E-state index in [1.165, 1.54) is 44.9 Å². The van der Waals surface area contributed by atoms with E-state index < -0.39 is 0 Å². The van der Waals surface area contributed by atoms with Gasteiger partial charge < -0.3 is 0 Å². The number of unbranched alkanes of at least 4 members (excludes halogenated alkanes) is 3. The summed E-state index contributed by atoms with van der Waals surface area (Å²) in [6, 6.07) is 5.50. The molecule has 144 valence electrons. The summed E-state index contributed by atoms with van der Waals surface area (Å²) in [4.78, 5) is 14.6.